The topological polar surface area (TPSA) is 72.1 Å². The van der Waals surface area contributed by atoms with Crippen molar-refractivity contribution in [2.75, 3.05) is 13.1 Å². The number of benzene rings is 1. The second-order valence-electron chi connectivity index (χ2n) is 8.81. The van der Waals surface area contributed by atoms with Crippen LogP contribution in [0.3, 0.4) is 0 Å². The molecule has 1 aliphatic carbocycles. The molecule has 1 saturated carbocycles. The van der Waals surface area contributed by atoms with Crippen LogP contribution in [-0.4, -0.2) is 39.0 Å². The number of halogens is 1. The zero-order valence-corrected chi connectivity index (χ0v) is 17.3. The van der Waals surface area contributed by atoms with Crippen molar-refractivity contribution in [1.29, 1.82) is 0 Å². The molecule has 0 N–H and O–H groups in total. The van der Waals surface area contributed by atoms with Crippen molar-refractivity contribution < 1.29 is 13.7 Å². The standard InChI is InChI=1S/C24H25FN4O2/c25-20-6-4-17(5-7-20)14-21(30)29-13-1-10-24(16-29,15-18-2-3-18)23-27-22(31-28-23)19-8-11-26-12-9-19/h4-9,11-12,18H,1-3,10,13-16H2. The van der Waals surface area contributed by atoms with Crippen LogP contribution in [0.2, 0.25) is 0 Å². The Morgan fingerprint density at radius 2 is 1.94 bits per heavy atom. The average Bonchev–Trinajstić information content (AvgIpc) is 3.46. The van der Waals surface area contributed by atoms with Gasteiger partial charge in [0.05, 0.1) is 11.8 Å². The largest absolute Gasteiger partial charge is 0.341 e. The van der Waals surface area contributed by atoms with E-state index < -0.39 is 0 Å². The molecule has 6 nitrogen and oxygen atoms in total. The number of amides is 1. The fraction of sp³-hybridized carbons (Fsp3) is 0.417. The maximum absolute atomic E-state index is 13.2. The summed E-state index contributed by atoms with van der Waals surface area (Å²) in [7, 11) is 0. The highest BCUT2D eigenvalue weighted by molar-refractivity contribution is 5.79. The molecule has 3 aromatic rings. The summed E-state index contributed by atoms with van der Waals surface area (Å²) in [6, 6.07) is 9.85. The molecule has 0 bridgehead atoms. The van der Waals surface area contributed by atoms with Crippen molar-refractivity contribution in [3.05, 3.63) is 66.0 Å². The highest BCUT2D eigenvalue weighted by Crippen LogP contribution is 2.46. The smallest absolute Gasteiger partial charge is 0.258 e. The van der Waals surface area contributed by atoms with Gasteiger partial charge in [-0.3, -0.25) is 9.78 Å². The van der Waals surface area contributed by atoms with E-state index in [2.05, 4.69) is 10.1 Å². The molecule has 3 heterocycles. The fourth-order valence-corrected chi connectivity index (χ4v) is 4.60. The zero-order valence-electron chi connectivity index (χ0n) is 17.3. The Labute approximate surface area is 180 Å². The van der Waals surface area contributed by atoms with Gasteiger partial charge in [-0.2, -0.15) is 4.98 Å². The molecule has 2 aromatic heterocycles. The number of carbonyl (C=O) groups is 1. The van der Waals surface area contributed by atoms with Gasteiger partial charge in [0.1, 0.15) is 5.82 Å². The highest BCUT2D eigenvalue weighted by Gasteiger charge is 2.45. The molecule has 5 rings (SSSR count). The molecule has 1 atom stereocenters. The molecular weight excluding hydrogens is 395 g/mol. The molecule has 0 spiro atoms. The second kappa shape index (κ2) is 8.21. The number of rotatable bonds is 6. The van der Waals surface area contributed by atoms with Crippen molar-refractivity contribution in [3.63, 3.8) is 0 Å². The quantitative estimate of drug-likeness (QED) is 0.598. The average molecular weight is 420 g/mol. The molecule has 2 aliphatic rings. The predicted molar refractivity (Wildman–Crippen MR) is 112 cm³/mol. The third-order valence-electron chi connectivity index (χ3n) is 6.40. The summed E-state index contributed by atoms with van der Waals surface area (Å²) in [4.78, 5) is 23.8. The first kappa shape index (κ1) is 19.8. The first-order chi connectivity index (χ1) is 15.1. The van der Waals surface area contributed by atoms with Gasteiger partial charge < -0.3 is 9.42 Å². The van der Waals surface area contributed by atoms with Gasteiger partial charge >= 0.3 is 0 Å². The van der Waals surface area contributed by atoms with Gasteiger partial charge in [-0.15, -0.1) is 0 Å². The number of likely N-dealkylation sites (tertiary alicyclic amines) is 1. The fourth-order valence-electron chi connectivity index (χ4n) is 4.60. The Morgan fingerprint density at radius 3 is 2.68 bits per heavy atom. The number of aromatic nitrogens is 3. The number of hydrogen-bond acceptors (Lipinski definition) is 5. The number of pyridine rings is 1. The second-order valence-corrected chi connectivity index (χ2v) is 8.81. The number of piperidine rings is 1. The Bertz CT molecular complexity index is 1050. The van der Waals surface area contributed by atoms with Crippen molar-refractivity contribution >= 4 is 5.91 Å². The van der Waals surface area contributed by atoms with E-state index in [0.29, 0.717) is 24.2 Å². The minimum absolute atomic E-state index is 0.0596. The van der Waals surface area contributed by atoms with E-state index in [-0.39, 0.29) is 23.6 Å². The third-order valence-corrected chi connectivity index (χ3v) is 6.40. The SMILES string of the molecule is O=C(Cc1ccc(F)cc1)N1CCCC(CC2CC2)(c2noc(-c3ccncc3)n2)C1. The lowest BCUT2D eigenvalue weighted by Crippen LogP contribution is -2.49. The number of carbonyl (C=O) groups excluding carboxylic acids is 1. The van der Waals surface area contributed by atoms with E-state index in [0.717, 1.165) is 36.9 Å². The Morgan fingerprint density at radius 1 is 1.16 bits per heavy atom. The van der Waals surface area contributed by atoms with Crippen LogP contribution in [0.25, 0.3) is 11.5 Å². The van der Waals surface area contributed by atoms with E-state index in [1.165, 1.54) is 25.0 Å². The first-order valence-corrected chi connectivity index (χ1v) is 10.9. The lowest BCUT2D eigenvalue weighted by atomic mass is 9.74. The van der Waals surface area contributed by atoms with E-state index in [4.69, 9.17) is 9.51 Å². The van der Waals surface area contributed by atoms with Gasteiger partial charge in [-0.1, -0.05) is 30.1 Å². The van der Waals surface area contributed by atoms with E-state index in [1.807, 2.05) is 17.0 Å². The Balaban J connectivity index is 1.38. The summed E-state index contributed by atoms with van der Waals surface area (Å²) in [6.45, 7) is 1.32. The summed E-state index contributed by atoms with van der Waals surface area (Å²) in [5.74, 6) is 1.62. The monoisotopic (exact) mass is 420 g/mol. The van der Waals surface area contributed by atoms with E-state index in [9.17, 15) is 9.18 Å². The summed E-state index contributed by atoms with van der Waals surface area (Å²) in [6.07, 6.45) is 8.95. The van der Waals surface area contributed by atoms with Crippen LogP contribution >= 0.6 is 0 Å². The van der Waals surface area contributed by atoms with Crippen LogP contribution in [-0.2, 0) is 16.6 Å². The van der Waals surface area contributed by atoms with Gasteiger partial charge in [0.25, 0.3) is 5.89 Å². The van der Waals surface area contributed by atoms with Crippen LogP contribution in [0.1, 0.15) is 43.5 Å². The summed E-state index contributed by atoms with van der Waals surface area (Å²) >= 11 is 0. The number of hydrogen-bond donors (Lipinski definition) is 0. The maximum Gasteiger partial charge on any atom is 0.258 e. The van der Waals surface area contributed by atoms with Crippen LogP contribution < -0.4 is 0 Å². The predicted octanol–water partition coefficient (Wildman–Crippen LogP) is 4.17. The Kier molecular flexibility index (Phi) is 5.26. The van der Waals surface area contributed by atoms with Gasteiger partial charge in [-0.25, -0.2) is 4.39 Å². The molecule has 1 amide bonds. The van der Waals surface area contributed by atoms with Crippen molar-refractivity contribution in [1.82, 2.24) is 20.0 Å². The van der Waals surface area contributed by atoms with Gasteiger partial charge in [0, 0.05) is 31.0 Å². The molecule has 7 heteroatoms. The minimum Gasteiger partial charge on any atom is -0.341 e. The van der Waals surface area contributed by atoms with Crippen LogP contribution in [0, 0.1) is 11.7 Å². The molecule has 0 radical (unpaired) electrons. The highest BCUT2D eigenvalue weighted by atomic mass is 19.1. The molecule has 1 saturated heterocycles. The van der Waals surface area contributed by atoms with Crippen LogP contribution in [0.15, 0.2) is 53.3 Å². The van der Waals surface area contributed by atoms with Crippen LogP contribution in [0.4, 0.5) is 4.39 Å². The summed E-state index contributed by atoms with van der Waals surface area (Å²) < 4.78 is 18.8. The van der Waals surface area contributed by atoms with Crippen molar-refractivity contribution in [2.24, 2.45) is 5.92 Å². The van der Waals surface area contributed by atoms with Crippen molar-refractivity contribution in [3.8, 4) is 11.5 Å². The minimum atomic E-state index is -0.292. The van der Waals surface area contributed by atoms with Gasteiger partial charge in [0.15, 0.2) is 5.82 Å². The molecule has 1 unspecified atom stereocenters. The third kappa shape index (κ3) is 4.36. The molecule has 1 aliphatic heterocycles. The van der Waals surface area contributed by atoms with Crippen molar-refractivity contribution in [2.45, 2.75) is 43.9 Å². The summed E-state index contributed by atoms with van der Waals surface area (Å²) in [5.41, 5.74) is 1.38. The lowest BCUT2D eigenvalue weighted by Gasteiger charge is -2.41. The van der Waals surface area contributed by atoms with E-state index >= 15 is 0 Å². The first-order valence-electron chi connectivity index (χ1n) is 10.9. The van der Waals surface area contributed by atoms with E-state index in [1.54, 1.807) is 24.5 Å². The molecule has 160 valence electrons. The molecule has 1 aromatic carbocycles. The van der Waals surface area contributed by atoms with Gasteiger partial charge in [-0.05, 0) is 55.0 Å². The van der Waals surface area contributed by atoms with Crippen LogP contribution in [0.5, 0.6) is 0 Å². The normalized spacial score (nSPS) is 21.3. The molecule has 31 heavy (non-hydrogen) atoms. The summed E-state index contributed by atoms with van der Waals surface area (Å²) in [5, 5.41) is 4.37. The molecular formula is C24H25FN4O2. The maximum atomic E-state index is 13.2. The Hall–Kier alpha value is -3.09. The molecule has 2 fully saturated rings. The number of nitrogens with zero attached hydrogens (tertiary/aromatic N) is 4. The lowest BCUT2D eigenvalue weighted by molar-refractivity contribution is -0.133. The zero-order chi connectivity index (χ0) is 21.3. The van der Waals surface area contributed by atoms with Gasteiger partial charge in [0.2, 0.25) is 5.91 Å².